The van der Waals surface area contributed by atoms with Gasteiger partial charge < -0.3 is 10.3 Å². The van der Waals surface area contributed by atoms with Gasteiger partial charge in [0, 0.05) is 29.9 Å². The van der Waals surface area contributed by atoms with Crippen LogP contribution in [0.25, 0.3) is 33.0 Å². The lowest BCUT2D eigenvalue weighted by molar-refractivity contribution is 0.875. The average molecular weight is 326 g/mol. The lowest BCUT2D eigenvalue weighted by Gasteiger charge is -2.12. The molecule has 0 amide bonds. The molecule has 1 heterocycles. The first-order valence-electron chi connectivity index (χ1n) is 8.18. The van der Waals surface area contributed by atoms with E-state index in [1.807, 2.05) is 60.8 Å². The van der Waals surface area contributed by atoms with Crippen molar-refractivity contribution in [2.24, 2.45) is 7.05 Å². The predicted molar refractivity (Wildman–Crippen MR) is 104 cm³/mol. The van der Waals surface area contributed by atoms with Gasteiger partial charge >= 0.3 is 0 Å². The number of hydrogen-bond donors (Lipinski definition) is 1. The van der Waals surface area contributed by atoms with Crippen molar-refractivity contribution in [3.8, 4) is 22.3 Å². The van der Waals surface area contributed by atoms with Gasteiger partial charge in [-0.2, -0.15) is 0 Å². The monoisotopic (exact) mass is 326 g/mol. The molecule has 122 valence electrons. The quantitative estimate of drug-likeness (QED) is 0.553. The summed E-state index contributed by atoms with van der Waals surface area (Å²) < 4.78 is 1.63. The van der Waals surface area contributed by atoms with E-state index in [1.165, 1.54) is 0 Å². The number of nitrogens with zero attached hydrogens (tertiary/aromatic N) is 1. The maximum atomic E-state index is 12.6. The summed E-state index contributed by atoms with van der Waals surface area (Å²) in [5.41, 5.74) is 10.9. The predicted octanol–water partition coefficient (Wildman–Crippen LogP) is 4.45. The van der Waals surface area contributed by atoms with Crippen molar-refractivity contribution >= 4 is 16.5 Å². The second-order valence-electron chi connectivity index (χ2n) is 6.21. The van der Waals surface area contributed by atoms with Gasteiger partial charge in [0.15, 0.2) is 0 Å². The van der Waals surface area contributed by atoms with Crippen molar-refractivity contribution in [1.29, 1.82) is 0 Å². The molecule has 0 aliphatic heterocycles. The average Bonchev–Trinajstić information content (AvgIpc) is 2.65. The summed E-state index contributed by atoms with van der Waals surface area (Å²) in [6.07, 6.45) is 1.88. The summed E-state index contributed by atoms with van der Waals surface area (Å²) in [4.78, 5) is 12.6. The lowest BCUT2D eigenvalue weighted by Crippen LogP contribution is -2.16. The minimum absolute atomic E-state index is 0.00210. The Morgan fingerprint density at radius 1 is 0.760 bits per heavy atom. The molecule has 0 unspecified atom stereocenters. The van der Waals surface area contributed by atoms with Crippen molar-refractivity contribution in [2.45, 2.75) is 0 Å². The van der Waals surface area contributed by atoms with Crippen LogP contribution in [0, 0.1) is 0 Å². The zero-order valence-corrected chi connectivity index (χ0v) is 13.9. The van der Waals surface area contributed by atoms with Crippen molar-refractivity contribution in [2.75, 3.05) is 5.73 Å². The topological polar surface area (TPSA) is 48.0 Å². The molecule has 0 radical (unpaired) electrons. The lowest BCUT2D eigenvalue weighted by atomic mass is 9.96. The Morgan fingerprint density at radius 2 is 1.52 bits per heavy atom. The van der Waals surface area contributed by atoms with E-state index in [1.54, 1.807) is 11.6 Å². The fraction of sp³-hybridized carbons (Fsp3) is 0.0455. The van der Waals surface area contributed by atoms with Crippen LogP contribution in [0.15, 0.2) is 83.8 Å². The molecule has 0 aliphatic carbocycles. The molecule has 0 aliphatic rings. The van der Waals surface area contributed by atoms with Crippen LogP contribution in [-0.4, -0.2) is 4.57 Å². The van der Waals surface area contributed by atoms with Crippen LogP contribution in [0.3, 0.4) is 0 Å². The third kappa shape index (κ3) is 2.70. The molecule has 0 atom stereocenters. The number of nitrogens with two attached hydrogens (primary N) is 1. The van der Waals surface area contributed by atoms with E-state index in [4.69, 9.17) is 5.73 Å². The molecule has 3 nitrogen and oxygen atoms in total. The van der Waals surface area contributed by atoms with Gasteiger partial charge in [-0.15, -0.1) is 0 Å². The van der Waals surface area contributed by atoms with E-state index in [-0.39, 0.29) is 5.56 Å². The molecule has 3 aromatic carbocycles. The number of benzene rings is 3. The van der Waals surface area contributed by atoms with Crippen molar-refractivity contribution < 1.29 is 0 Å². The highest BCUT2D eigenvalue weighted by atomic mass is 16.1. The fourth-order valence-electron chi connectivity index (χ4n) is 3.21. The zero-order chi connectivity index (χ0) is 17.4. The Balaban J connectivity index is 2.04. The van der Waals surface area contributed by atoms with Crippen LogP contribution in [0.1, 0.15) is 0 Å². The van der Waals surface area contributed by atoms with Gasteiger partial charge in [0.1, 0.15) is 0 Å². The van der Waals surface area contributed by atoms with Crippen LogP contribution < -0.4 is 11.3 Å². The zero-order valence-electron chi connectivity index (χ0n) is 13.9. The second-order valence-corrected chi connectivity index (χ2v) is 6.21. The number of fused-ring (bicyclic) bond motifs is 1. The third-order valence-electron chi connectivity index (χ3n) is 4.49. The van der Waals surface area contributed by atoms with Gasteiger partial charge in [-0.25, -0.2) is 0 Å². The molecule has 0 bridgehead atoms. The highest BCUT2D eigenvalue weighted by Crippen LogP contribution is 2.31. The molecule has 0 spiro atoms. The first-order chi connectivity index (χ1) is 12.1. The Bertz CT molecular complexity index is 1130. The van der Waals surface area contributed by atoms with Gasteiger partial charge in [0.25, 0.3) is 5.56 Å². The molecular weight excluding hydrogens is 308 g/mol. The first-order valence-corrected chi connectivity index (χ1v) is 8.18. The van der Waals surface area contributed by atoms with Crippen molar-refractivity contribution in [1.82, 2.24) is 4.57 Å². The number of aromatic nitrogens is 1. The summed E-state index contributed by atoms with van der Waals surface area (Å²) >= 11 is 0. The van der Waals surface area contributed by atoms with Gasteiger partial charge in [0.05, 0.1) is 0 Å². The van der Waals surface area contributed by atoms with E-state index in [2.05, 4.69) is 18.2 Å². The van der Waals surface area contributed by atoms with Crippen LogP contribution >= 0.6 is 0 Å². The maximum absolute atomic E-state index is 12.6. The second kappa shape index (κ2) is 5.95. The standard InChI is InChI=1S/C22H18N2O/c1-24-14-21(17-8-5-9-18(23)12-17)20-13-16(10-11-19(20)22(24)25)15-6-3-2-4-7-15/h2-14H,23H2,1H3. The van der Waals surface area contributed by atoms with Crippen LogP contribution in [0.5, 0.6) is 0 Å². The van der Waals surface area contributed by atoms with E-state index < -0.39 is 0 Å². The van der Waals surface area contributed by atoms with Gasteiger partial charge in [-0.05, 0) is 46.3 Å². The molecule has 0 fully saturated rings. The number of anilines is 1. The molecule has 0 saturated heterocycles. The van der Waals surface area contributed by atoms with E-state index in [0.29, 0.717) is 11.1 Å². The molecule has 0 saturated carbocycles. The number of pyridine rings is 1. The van der Waals surface area contributed by atoms with Crippen LogP contribution in [0.2, 0.25) is 0 Å². The smallest absolute Gasteiger partial charge is 0.258 e. The van der Waals surface area contributed by atoms with E-state index in [9.17, 15) is 4.79 Å². The molecule has 4 aromatic rings. The summed E-state index contributed by atoms with van der Waals surface area (Å²) in [6, 6.07) is 23.9. The molecule has 1 aromatic heterocycles. The molecule has 2 N–H and O–H groups in total. The first kappa shape index (κ1) is 15.2. The Morgan fingerprint density at radius 3 is 2.28 bits per heavy atom. The number of rotatable bonds is 2. The molecule has 4 rings (SSSR count). The highest BCUT2D eigenvalue weighted by molar-refractivity contribution is 5.98. The van der Waals surface area contributed by atoms with Crippen molar-refractivity contribution in [3.63, 3.8) is 0 Å². The minimum Gasteiger partial charge on any atom is -0.399 e. The summed E-state index contributed by atoms with van der Waals surface area (Å²) in [6.45, 7) is 0. The normalized spacial score (nSPS) is 10.9. The number of nitrogen functional groups attached to an aromatic ring is 1. The Kier molecular flexibility index (Phi) is 3.62. The van der Waals surface area contributed by atoms with Crippen LogP contribution in [0.4, 0.5) is 5.69 Å². The van der Waals surface area contributed by atoms with Gasteiger partial charge in [-0.3, -0.25) is 4.79 Å². The third-order valence-corrected chi connectivity index (χ3v) is 4.49. The van der Waals surface area contributed by atoms with Crippen LogP contribution in [-0.2, 0) is 7.05 Å². The Labute approximate surface area is 146 Å². The molecular formula is C22H18N2O. The summed E-state index contributed by atoms with van der Waals surface area (Å²) in [5, 5.41) is 1.65. The Hall–Kier alpha value is -3.33. The van der Waals surface area contributed by atoms with E-state index >= 15 is 0 Å². The van der Waals surface area contributed by atoms with E-state index in [0.717, 1.165) is 27.6 Å². The SMILES string of the molecule is Cn1cc(-c2cccc(N)c2)c2cc(-c3ccccc3)ccc2c1=O. The summed E-state index contributed by atoms with van der Waals surface area (Å²) in [7, 11) is 1.78. The molecule has 25 heavy (non-hydrogen) atoms. The number of aryl methyl sites for hydroxylation is 1. The fourth-order valence-corrected chi connectivity index (χ4v) is 3.21. The van der Waals surface area contributed by atoms with Gasteiger partial charge in [0.2, 0.25) is 0 Å². The highest BCUT2D eigenvalue weighted by Gasteiger charge is 2.11. The summed E-state index contributed by atoms with van der Waals surface area (Å²) in [5.74, 6) is 0. The maximum Gasteiger partial charge on any atom is 0.258 e. The van der Waals surface area contributed by atoms with Crippen molar-refractivity contribution in [3.05, 3.63) is 89.3 Å². The minimum atomic E-state index is 0.00210. The van der Waals surface area contributed by atoms with Gasteiger partial charge in [-0.1, -0.05) is 48.5 Å². The number of hydrogen-bond acceptors (Lipinski definition) is 2. The molecule has 3 heteroatoms. The largest absolute Gasteiger partial charge is 0.399 e.